The van der Waals surface area contributed by atoms with Gasteiger partial charge in [0.1, 0.15) is 0 Å². The highest BCUT2D eigenvalue weighted by Crippen LogP contribution is 2.17. The van der Waals surface area contributed by atoms with Gasteiger partial charge in [0.15, 0.2) is 0 Å². The molecule has 0 bridgehead atoms. The minimum absolute atomic E-state index is 0.195. The third-order valence-electron chi connectivity index (χ3n) is 2.83. The second-order valence-corrected chi connectivity index (χ2v) is 3.96. The third-order valence-corrected chi connectivity index (χ3v) is 2.83. The molecule has 1 heterocycles. The quantitative estimate of drug-likeness (QED) is 0.589. The van der Waals surface area contributed by atoms with Crippen LogP contribution in [0.2, 0.25) is 0 Å². The molecule has 2 N–H and O–H groups in total. The summed E-state index contributed by atoms with van der Waals surface area (Å²) in [6.07, 6.45) is 1.08. The molecule has 0 aromatic heterocycles. The number of benzene rings is 1. The standard InChI is InChI=1S/C11H15N3O2/c15-14(16)11-4-2-1-3-9(11)7-13-10-5-6-12-8-10/h1-4,10,12-13H,5-8H2. The maximum absolute atomic E-state index is 10.8. The highest BCUT2D eigenvalue weighted by atomic mass is 16.6. The second kappa shape index (κ2) is 5.05. The van der Waals surface area contributed by atoms with E-state index in [1.807, 2.05) is 6.07 Å². The number of nitro benzene ring substituents is 1. The summed E-state index contributed by atoms with van der Waals surface area (Å²) in [5.41, 5.74) is 0.945. The molecule has 16 heavy (non-hydrogen) atoms. The lowest BCUT2D eigenvalue weighted by Crippen LogP contribution is -2.30. The zero-order valence-corrected chi connectivity index (χ0v) is 8.98. The SMILES string of the molecule is O=[N+]([O-])c1ccccc1CNC1CCNC1. The van der Waals surface area contributed by atoms with Gasteiger partial charge < -0.3 is 10.6 Å². The number of hydrogen-bond donors (Lipinski definition) is 2. The zero-order valence-electron chi connectivity index (χ0n) is 8.98. The van der Waals surface area contributed by atoms with Crippen molar-refractivity contribution < 1.29 is 4.92 Å². The molecule has 5 heteroatoms. The maximum atomic E-state index is 10.8. The normalized spacial score (nSPS) is 19.9. The maximum Gasteiger partial charge on any atom is 0.273 e. The summed E-state index contributed by atoms with van der Waals surface area (Å²) in [6.45, 7) is 2.53. The van der Waals surface area contributed by atoms with Crippen LogP contribution in [0.4, 0.5) is 5.69 Å². The van der Waals surface area contributed by atoms with Gasteiger partial charge in [0.05, 0.1) is 4.92 Å². The topological polar surface area (TPSA) is 67.2 Å². The number of para-hydroxylation sites is 1. The molecular formula is C11H15N3O2. The van der Waals surface area contributed by atoms with E-state index >= 15 is 0 Å². The highest BCUT2D eigenvalue weighted by Gasteiger charge is 2.16. The lowest BCUT2D eigenvalue weighted by atomic mass is 10.1. The summed E-state index contributed by atoms with van der Waals surface area (Å²) >= 11 is 0. The van der Waals surface area contributed by atoms with Crippen molar-refractivity contribution in [3.8, 4) is 0 Å². The Balaban J connectivity index is 2.00. The lowest BCUT2D eigenvalue weighted by molar-refractivity contribution is -0.385. The number of nitrogens with one attached hydrogen (secondary N) is 2. The van der Waals surface area contributed by atoms with Crippen molar-refractivity contribution in [1.29, 1.82) is 0 Å². The van der Waals surface area contributed by atoms with Crippen LogP contribution >= 0.6 is 0 Å². The van der Waals surface area contributed by atoms with Gasteiger partial charge in [-0.2, -0.15) is 0 Å². The molecular weight excluding hydrogens is 206 g/mol. The van der Waals surface area contributed by atoms with Crippen LogP contribution < -0.4 is 10.6 Å². The molecule has 1 aliphatic heterocycles. The Labute approximate surface area is 94.0 Å². The van der Waals surface area contributed by atoms with E-state index in [-0.39, 0.29) is 10.6 Å². The molecule has 1 aliphatic rings. The van der Waals surface area contributed by atoms with E-state index < -0.39 is 0 Å². The second-order valence-electron chi connectivity index (χ2n) is 3.96. The number of hydrogen-bond acceptors (Lipinski definition) is 4. The van der Waals surface area contributed by atoms with Crippen LogP contribution in [0.25, 0.3) is 0 Å². The molecule has 86 valence electrons. The predicted molar refractivity (Wildman–Crippen MR) is 61.2 cm³/mol. The van der Waals surface area contributed by atoms with E-state index in [4.69, 9.17) is 0 Å². The molecule has 1 unspecified atom stereocenters. The monoisotopic (exact) mass is 221 g/mol. The summed E-state index contributed by atoms with van der Waals surface area (Å²) in [7, 11) is 0. The zero-order chi connectivity index (χ0) is 11.4. The fourth-order valence-electron chi connectivity index (χ4n) is 1.92. The van der Waals surface area contributed by atoms with Crippen LogP contribution in [-0.2, 0) is 6.54 Å². The Kier molecular flexibility index (Phi) is 3.48. The highest BCUT2D eigenvalue weighted by molar-refractivity contribution is 5.39. The molecule has 5 nitrogen and oxygen atoms in total. The van der Waals surface area contributed by atoms with E-state index in [1.165, 1.54) is 0 Å². The lowest BCUT2D eigenvalue weighted by Gasteiger charge is -2.10. The minimum Gasteiger partial charge on any atom is -0.315 e. The van der Waals surface area contributed by atoms with Crippen LogP contribution in [0.5, 0.6) is 0 Å². The Bertz CT molecular complexity index is 375. The van der Waals surface area contributed by atoms with Crippen LogP contribution in [0.1, 0.15) is 12.0 Å². The summed E-state index contributed by atoms with van der Waals surface area (Å²) in [6, 6.07) is 7.30. The van der Waals surface area contributed by atoms with Gasteiger partial charge in [-0.1, -0.05) is 18.2 Å². The average molecular weight is 221 g/mol. The van der Waals surface area contributed by atoms with Crippen molar-refractivity contribution in [2.24, 2.45) is 0 Å². The van der Waals surface area contributed by atoms with E-state index in [2.05, 4.69) is 10.6 Å². The Hall–Kier alpha value is -1.46. The number of nitro groups is 1. The fraction of sp³-hybridized carbons (Fsp3) is 0.455. The fourth-order valence-corrected chi connectivity index (χ4v) is 1.92. The van der Waals surface area contributed by atoms with Gasteiger partial charge in [0.2, 0.25) is 0 Å². The molecule has 1 fully saturated rings. The van der Waals surface area contributed by atoms with E-state index in [0.29, 0.717) is 12.6 Å². The van der Waals surface area contributed by atoms with Crippen molar-refractivity contribution in [2.75, 3.05) is 13.1 Å². The first-order valence-corrected chi connectivity index (χ1v) is 5.44. The summed E-state index contributed by atoms with van der Waals surface area (Å²) in [5, 5.41) is 17.4. The molecule has 2 rings (SSSR count). The van der Waals surface area contributed by atoms with Gasteiger partial charge in [-0.25, -0.2) is 0 Å². The minimum atomic E-state index is -0.329. The third kappa shape index (κ3) is 2.56. The van der Waals surface area contributed by atoms with Crippen LogP contribution in [-0.4, -0.2) is 24.1 Å². The van der Waals surface area contributed by atoms with Gasteiger partial charge in [-0.15, -0.1) is 0 Å². The van der Waals surface area contributed by atoms with Gasteiger partial charge in [-0.3, -0.25) is 10.1 Å². The summed E-state index contributed by atoms with van der Waals surface area (Å²) in [4.78, 5) is 10.5. The molecule has 0 saturated carbocycles. The molecule has 1 aromatic carbocycles. The largest absolute Gasteiger partial charge is 0.315 e. The van der Waals surface area contributed by atoms with Crippen molar-refractivity contribution >= 4 is 5.69 Å². The van der Waals surface area contributed by atoms with Crippen molar-refractivity contribution in [3.63, 3.8) is 0 Å². The van der Waals surface area contributed by atoms with Crippen LogP contribution in [0, 0.1) is 10.1 Å². The molecule has 1 atom stereocenters. The van der Waals surface area contributed by atoms with Crippen LogP contribution in [0.15, 0.2) is 24.3 Å². The molecule has 0 amide bonds. The predicted octanol–water partition coefficient (Wildman–Crippen LogP) is 1.05. The molecule has 0 radical (unpaired) electrons. The Morgan fingerprint density at radius 1 is 1.50 bits per heavy atom. The van der Waals surface area contributed by atoms with Gasteiger partial charge >= 0.3 is 0 Å². The van der Waals surface area contributed by atoms with Gasteiger partial charge in [0, 0.05) is 30.8 Å². The van der Waals surface area contributed by atoms with Crippen molar-refractivity contribution in [1.82, 2.24) is 10.6 Å². The number of rotatable bonds is 4. The van der Waals surface area contributed by atoms with Gasteiger partial charge in [0.25, 0.3) is 5.69 Å². The van der Waals surface area contributed by atoms with Crippen molar-refractivity contribution in [2.45, 2.75) is 19.0 Å². The van der Waals surface area contributed by atoms with Gasteiger partial charge in [-0.05, 0) is 13.0 Å². The van der Waals surface area contributed by atoms with E-state index in [1.54, 1.807) is 18.2 Å². The molecule has 1 aromatic rings. The smallest absolute Gasteiger partial charge is 0.273 e. The average Bonchev–Trinajstić information content (AvgIpc) is 2.79. The van der Waals surface area contributed by atoms with E-state index in [0.717, 1.165) is 25.1 Å². The molecule has 1 saturated heterocycles. The van der Waals surface area contributed by atoms with Crippen LogP contribution in [0.3, 0.4) is 0 Å². The Morgan fingerprint density at radius 2 is 2.31 bits per heavy atom. The Morgan fingerprint density at radius 3 is 3.00 bits per heavy atom. The molecule has 0 aliphatic carbocycles. The van der Waals surface area contributed by atoms with E-state index in [9.17, 15) is 10.1 Å². The molecule has 0 spiro atoms. The first-order chi connectivity index (χ1) is 7.77. The van der Waals surface area contributed by atoms with Crippen molar-refractivity contribution in [3.05, 3.63) is 39.9 Å². The first-order valence-electron chi connectivity index (χ1n) is 5.44. The first kappa shape index (κ1) is 11.0. The summed E-state index contributed by atoms with van der Waals surface area (Å²) < 4.78 is 0. The summed E-state index contributed by atoms with van der Waals surface area (Å²) in [5.74, 6) is 0. The number of nitrogens with zero attached hydrogens (tertiary/aromatic N) is 1.